The van der Waals surface area contributed by atoms with Crippen LogP contribution in [0.5, 0.6) is 0 Å². The number of rotatable bonds is 4. The number of hydrazine groups is 1. The summed E-state index contributed by atoms with van der Waals surface area (Å²) in [6.07, 6.45) is 1.62. The smallest absolute Gasteiger partial charge is 0.150 e. The maximum Gasteiger partial charge on any atom is 0.150 e. The first kappa shape index (κ1) is 10.4. The van der Waals surface area contributed by atoms with Crippen LogP contribution in [0.3, 0.4) is 0 Å². The van der Waals surface area contributed by atoms with Crippen LogP contribution >= 0.6 is 0 Å². The van der Waals surface area contributed by atoms with Gasteiger partial charge in [-0.1, -0.05) is 24.3 Å². The Labute approximate surface area is 94.8 Å². The van der Waals surface area contributed by atoms with Crippen molar-refractivity contribution in [3.63, 3.8) is 0 Å². The summed E-state index contributed by atoms with van der Waals surface area (Å²) in [5, 5.41) is 0. The lowest BCUT2D eigenvalue weighted by Crippen LogP contribution is -2.18. The van der Waals surface area contributed by atoms with Gasteiger partial charge in [-0.3, -0.25) is 5.43 Å². The summed E-state index contributed by atoms with van der Waals surface area (Å²) in [5.74, 6) is 0.722. The second-order valence-corrected chi connectivity index (χ2v) is 3.57. The molecular weight excluding hydrogens is 200 g/mol. The van der Waals surface area contributed by atoms with Crippen molar-refractivity contribution >= 4 is 11.4 Å². The molecule has 3 nitrogen and oxygen atoms in total. The molecule has 0 radical (unpaired) electrons. The third-order valence-corrected chi connectivity index (χ3v) is 2.23. The fraction of sp³-hybridized carbons (Fsp3) is 0.0769. The summed E-state index contributed by atoms with van der Waals surface area (Å²) >= 11 is 0. The highest BCUT2D eigenvalue weighted by Crippen LogP contribution is 2.11. The van der Waals surface area contributed by atoms with Gasteiger partial charge in [0.1, 0.15) is 0 Å². The minimum absolute atomic E-state index is 0.700. The molecule has 2 N–H and O–H groups in total. The van der Waals surface area contributed by atoms with E-state index in [0.717, 1.165) is 11.4 Å². The molecule has 16 heavy (non-hydrogen) atoms. The summed E-state index contributed by atoms with van der Waals surface area (Å²) in [6.45, 7) is 5.92. The number of anilines is 1. The highest BCUT2D eigenvalue weighted by Gasteiger charge is 1.99. The van der Waals surface area contributed by atoms with Crippen LogP contribution in [0, 0.1) is 6.92 Å². The quantitative estimate of drug-likeness (QED) is 0.767. The van der Waals surface area contributed by atoms with E-state index in [0.29, 0.717) is 5.70 Å². The molecule has 0 aliphatic heterocycles. The van der Waals surface area contributed by atoms with Crippen molar-refractivity contribution < 1.29 is 4.42 Å². The minimum Gasteiger partial charge on any atom is -0.463 e. The van der Waals surface area contributed by atoms with Crippen LogP contribution in [-0.2, 0) is 0 Å². The molecule has 1 aromatic heterocycles. The summed E-state index contributed by atoms with van der Waals surface area (Å²) in [4.78, 5) is 0. The molecule has 1 aromatic carbocycles. The van der Waals surface area contributed by atoms with Gasteiger partial charge < -0.3 is 9.84 Å². The molecule has 0 atom stereocenters. The Kier molecular flexibility index (Phi) is 2.96. The molecule has 3 heteroatoms. The van der Waals surface area contributed by atoms with E-state index in [1.165, 1.54) is 5.56 Å². The van der Waals surface area contributed by atoms with Crippen LogP contribution in [-0.4, -0.2) is 0 Å². The molecule has 0 spiro atoms. The molecule has 0 fully saturated rings. The lowest BCUT2D eigenvalue weighted by molar-refractivity contribution is 0.549. The maximum absolute atomic E-state index is 5.20. The summed E-state index contributed by atoms with van der Waals surface area (Å²) in [7, 11) is 0. The molecule has 2 rings (SSSR count). The van der Waals surface area contributed by atoms with Gasteiger partial charge in [-0.25, -0.2) is 0 Å². The van der Waals surface area contributed by atoms with Gasteiger partial charge in [0.2, 0.25) is 0 Å². The van der Waals surface area contributed by atoms with Crippen LogP contribution in [0.2, 0.25) is 0 Å². The Balaban J connectivity index is 1.93. The van der Waals surface area contributed by atoms with Gasteiger partial charge in [0.05, 0.1) is 17.6 Å². The van der Waals surface area contributed by atoms with Crippen molar-refractivity contribution in [2.75, 3.05) is 5.43 Å². The SMILES string of the molecule is C=C(NNc1ccc(C)cc1)c1ccco1. The van der Waals surface area contributed by atoms with Gasteiger partial charge in [-0.05, 0) is 31.2 Å². The third-order valence-electron chi connectivity index (χ3n) is 2.23. The van der Waals surface area contributed by atoms with E-state index < -0.39 is 0 Å². The van der Waals surface area contributed by atoms with Gasteiger partial charge in [0.25, 0.3) is 0 Å². The van der Waals surface area contributed by atoms with E-state index in [1.54, 1.807) is 6.26 Å². The average Bonchev–Trinajstić information content (AvgIpc) is 2.81. The second-order valence-electron chi connectivity index (χ2n) is 3.57. The predicted octanol–water partition coefficient (Wildman–Crippen LogP) is 3.18. The van der Waals surface area contributed by atoms with E-state index in [-0.39, 0.29) is 0 Å². The highest BCUT2D eigenvalue weighted by atomic mass is 16.3. The van der Waals surface area contributed by atoms with Gasteiger partial charge in [0.15, 0.2) is 5.76 Å². The van der Waals surface area contributed by atoms with Crippen LogP contribution < -0.4 is 10.9 Å². The zero-order chi connectivity index (χ0) is 11.4. The normalized spacial score (nSPS) is 9.81. The van der Waals surface area contributed by atoms with Gasteiger partial charge in [-0.15, -0.1) is 0 Å². The van der Waals surface area contributed by atoms with Crippen LogP contribution in [0.1, 0.15) is 11.3 Å². The number of aryl methyl sites for hydroxylation is 1. The van der Waals surface area contributed by atoms with E-state index >= 15 is 0 Å². The number of benzene rings is 1. The molecule has 2 aromatic rings. The topological polar surface area (TPSA) is 37.2 Å². The molecule has 0 saturated carbocycles. The molecule has 0 aliphatic rings. The molecule has 0 saturated heterocycles. The van der Waals surface area contributed by atoms with Crippen molar-refractivity contribution in [3.05, 3.63) is 60.6 Å². The van der Waals surface area contributed by atoms with Gasteiger partial charge >= 0.3 is 0 Å². The Morgan fingerprint density at radius 1 is 1.19 bits per heavy atom. The van der Waals surface area contributed by atoms with Crippen molar-refractivity contribution in [1.29, 1.82) is 0 Å². The first-order valence-corrected chi connectivity index (χ1v) is 5.07. The summed E-state index contributed by atoms with van der Waals surface area (Å²) in [5.41, 5.74) is 8.95. The maximum atomic E-state index is 5.20. The molecular formula is C13H14N2O. The standard InChI is InChI=1S/C13H14N2O/c1-10-5-7-12(8-6-10)15-14-11(2)13-4-3-9-16-13/h3-9,14-15H,2H2,1H3. The van der Waals surface area contributed by atoms with Gasteiger partial charge in [0, 0.05) is 0 Å². The summed E-state index contributed by atoms with van der Waals surface area (Å²) < 4.78 is 5.20. The number of nitrogens with one attached hydrogen (secondary N) is 2. The van der Waals surface area contributed by atoms with Crippen LogP contribution in [0.25, 0.3) is 5.70 Å². The molecule has 0 unspecified atom stereocenters. The number of hydrogen-bond donors (Lipinski definition) is 2. The van der Waals surface area contributed by atoms with Crippen LogP contribution in [0.15, 0.2) is 53.7 Å². The number of hydrogen-bond acceptors (Lipinski definition) is 3. The Bertz CT molecular complexity index is 457. The fourth-order valence-corrected chi connectivity index (χ4v) is 1.30. The van der Waals surface area contributed by atoms with Crippen molar-refractivity contribution in [2.24, 2.45) is 0 Å². The molecule has 1 heterocycles. The zero-order valence-corrected chi connectivity index (χ0v) is 9.16. The molecule has 0 aliphatic carbocycles. The Morgan fingerprint density at radius 2 is 1.94 bits per heavy atom. The van der Waals surface area contributed by atoms with Crippen molar-refractivity contribution in [1.82, 2.24) is 5.43 Å². The third kappa shape index (κ3) is 2.45. The monoisotopic (exact) mass is 214 g/mol. The fourth-order valence-electron chi connectivity index (χ4n) is 1.30. The molecule has 82 valence electrons. The van der Waals surface area contributed by atoms with E-state index in [2.05, 4.69) is 24.4 Å². The largest absolute Gasteiger partial charge is 0.463 e. The highest BCUT2D eigenvalue weighted by molar-refractivity contribution is 5.59. The predicted molar refractivity (Wildman–Crippen MR) is 65.7 cm³/mol. The zero-order valence-electron chi connectivity index (χ0n) is 9.16. The second kappa shape index (κ2) is 4.57. The number of furan rings is 1. The molecule has 0 bridgehead atoms. The lowest BCUT2D eigenvalue weighted by atomic mass is 10.2. The summed E-state index contributed by atoms with van der Waals surface area (Å²) in [6, 6.07) is 11.8. The molecule has 0 amide bonds. The minimum atomic E-state index is 0.700. The lowest BCUT2D eigenvalue weighted by Gasteiger charge is -2.10. The van der Waals surface area contributed by atoms with Crippen molar-refractivity contribution in [2.45, 2.75) is 6.92 Å². The average molecular weight is 214 g/mol. The first-order chi connectivity index (χ1) is 7.75. The van der Waals surface area contributed by atoms with Gasteiger partial charge in [-0.2, -0.15) is 0 Å². The van der Waals surface area contributed by atoms with E-state index in [4.69, 9.17) is 4.42 Å². The first-order valence-electron chi connectivity index (χ1n) is 5.07. The van der Waals surface area contributed by atoms with E-state index in [9.17, 15) is 0 Å². The van der Waals surface area contributed by atoms with Crippen LogP contribution in [0.4, 0.5) is 5.69 Å². The Morgan fingerprint density at radius 3 is 2.56 bits per heavy atom. The van der Waals surface area contributed by atoms with E-state index in [1.807, 2.05) is 36.4 Å². The Hall–Kier alpha value is -2.16. The van der Waals surface area contributed by atoms with Crippen molar-refractivity contribution in [3.8, 4) is 0 Å².